The zero-order chi connectivity index (χ0) is 16.3. The van der Waals surface area contributed by atoms with Gasteiger partial charge in [-0.2, -0.15) is 0 Å². The highest BCUT2D eigenvalue weighted by Gasteiger charge is 2.34. The minimum absolute atomic E-state index is 0. The van der Waals surface area contributed by atoms with Gasteiger partial charge in [0, 0.05) is 20.1 Å². The molecule has 1 aliphatic heterocycles. The van der Waals surface area contributed by atoms with Crippen molar-refractivity contribution in [3.05, 3.63) is 23.8 Å². The molecule has 0 saturated heterocycles. The molecular weight excluding hydrogens is 421 g/mol. The van der Waals surface area contributed by atoms with Crippen LogP contribution in [0.4, 0.5) is 0 Å². The van der Waals surface area contributed by atoms with Gasteiger partial charge in [0.05, 0.1) is 12.1 Å². The van der Waals surface area contributed by atoms with Crippen LogP contribution in [-0.2, 0) is 6.54 Å². The first kappa shape index (κ1) is 19.1. The summed E-state index contributed by atoms with van der Waals surface area (Å²) in [4.78, 5) is 6.66. The van der Waals surface area contributed by atoms with E-state index in [0.717, 1.165) is 48.8 Å². The molecule has 1 fully saturated rings. The lowest BCUT2D eigenvalue weighted by atomic mass is 9.80. The first-order valence-electron chi connectivity index (χ1n) is 8.20. The molecular formula is C17H26IN3O3. The summed E-state index contributed by atoms with van der Waals surface area (Å²) in [6.07, 6.45) is 2.79. The summed E-state index contributed by atoms with van der Waals surface area (Å²) >= 11 is 0. The van der Waals surface area contributed by atoms with Crippen LogP contribution >= 0.6 is 24.0 Å². The van der Waals surface area contributed by atoms with E-state index in [-0.39, 0.29) is 30.8 Å². The molecule has 1 aromatic carbocycles. The topological polar surface area (TPSA) is 66.3 Å². The van der Waals surface area contributed by atoms with Gasteiger partial charge in [0.2, 0.25) is 6.79 Å². The molecule has 0 unspecified atom stereocenters. The maximum Gasteiger partial charge on any atom is 0.231 e. The van der Waals surface area contributed by atoms with Crippen LogP contribution in [0.1, 0.15) is 31.7 Å². The second-order valence-corrected chi connectivity index (χ2v) is 6.29. The average molecular weight is 447 g/mol. The quantitative estimate of drug-likeness (QED) is 0.412. The molecule has 0 amide bonds. The van der Waals surface area contributed by atoms with Crippen LogP contribution in [0.25, 0.3) is 0 Å². The Kier molecular flexibility index (Phi) is 6.56. The smallest absolute Gasteiger partial charge is 0.231 e. The molecule has 0 radical (unpaired) electrons. The molecule has 2 aliphatic rings. The number of halogens is 1. The Balaban J connectivity index is 0.00000208. The van der Waals surface area contributed by atoms with Crippen LogP contribution in [0, 0.1) is 0 Å². The Labute approximate surface area is 160 Å². The number of aliphatic hydroxyl groups is 1. The van der Waals surface area contributed by atoms with Crippen molar-refractivity contribution < 1.29 is 14.6 Å². The van der Waals surface area contributed by atoms with E-state index in [2.05, 4.69) is 15.2 Å². The predicted octanol–water partition coefficient (Wildman–Crippen LogP) is 2.35. The Morgan fingerprint density at radius 3 is 2.75 bits per heavy atom. The second-order valence-electron chi connectivity index (χ2n) is 6.29. The summed E-state index contributed by atoms with van der Waals surface area (Å²) < 4.78 is 10.8. The van der Waals surface area contributed by atoms with E-state index in [1.165, 1.54) is 0 Å². The number of nitrogens with one attached hydrogen (secondary N) is 1. The number of hydrogen-bond donors (Lipinski definition) is 2. The molecule has 2 N–H and O–H groups in total. The minimum atomic E-state index is -0.597. The molecule has 1 heterocycles. The third-order valence-corrected chi connectivity index (χ3v) is 4.36. The first-order chi connectivity index (χ1) is 11.1. The molecule has 3 rings (SSSR count). The van der Waals surface area contributed by atoms with E-state index >= 15 is 0 Å². The summed E-state index contributed by atoms with van der Waals surface area (Å²) in [6, 6.07) is 5.97. The van der Waals surface area contributed by atoms with Gasteiger partial charge >= 0.3 is 0 Å². The Morgan fingerprint density at radius 2 is 2.08 bits per heavy atom. The number of hydrogen-bond acceptors (Lipinski definition) is 4. The number of ether oxygens (including phenoxy) is 2. The molecule has 0 atom stereocenters. The molecule has 6 nitrogen and oxygen atoms in total. The van der Waals surface area contributed by atoms with Crippen molar-refractivity contribution in [1.82, 2.24) is 10.2 Å². The average Bonchev–Trinajstić information content (AvgIpc) is 2.97. The normalized spacial score (nSPS) is 17.7. The number of benzene rings is 1. The fourth-order valence-electron chi connectivity index (χ4n) is 2.82. The van der Waals surface area contributed by atoms with Gasteiger partial charge in [-0.3, -0.25) is 4.99 Å². The van der Waals surface area contributed by atoms with Crippen molar-refractivity contribution >= 4 is 29.9 Å². The molecule has 1 aromatic rings. The van der Waals surface area contributed by atoms with E-state index in [1.54, 1.807) is 0 Å². The zero-order valence-corrected chi connectivity index (χ0v) is 16.6. The fourth-order valence-corrected chi connectivity index (χ4v) is 2.82. The molecule has 24 heavy (non-hydrogen) atoms. The lowest BCUT2D eigenvalue weighted by Gasteiger charge is -2.35. The maximum absolute atomic E-state index is 10.2. The SMILES string of the molecule is CCNC(=NCC1(O)CCC1)N(C)Cc1ccc2c(c1)OCO2.I. The van der Waals surface area contributed by atoms with E-state index < -0.39 is 5.60 Å². The van der Waals surface area contributed by atoms with Crippen molar-refractivity contribution in [2.75, 3.05) is 26.9 Å². The maximum atomic E-state index is 10.2. The summed E-state index contributed by atoms with van der Waals surface area (Å²) in [5.41, 5.74) is 0.532. The standard InChI is InChI=1S/C17H25N3O3.HI/c1-3-18-16(19-11-17(21)7-4-8-17)20(2)10-13-5-6-14-15(9-13)23-12-22-14;/h5-6,9,21H,3-4,7-8,10-12H2,1-2H3,(H,18,19);1H. The summed E-state index contributed by atoms with van der Waals surface area (Å²) in [7, 11) is 2.00. The van der Waals surface area contributed by atoms with E-state index in [9.17, 15) is 5.11 Å². The number of guanidine groups is 1. The lowest BCUT2D eigenvalue weighted by molar-refractivity contribution is -0.0237. The number of rotatable bonds is 5. The highest BCUT2D eigenvalue weighted by molar-refractivity contribution is 14.0. The van der Waals surface area contributed by atoms with Crippen molar-refractivity contribution in [2.24, 2.45) is 4.99 Å². The van der Waals surface area contributed by atoms with Gasteiger partial charge in [-0.1, -0.05) is 6.07 Å². The monoisotopic (exact) mass is 447 g/mol. The number of fused-ring (bicyclic) bond motifs is 1. The van der Waals surface area contributed by atoms with Gasteiger partial charge in [0.1, 0.15) is 0 Å². The Hall–Kier alpha value is -1.22. The number of nitrogens with zero attached hydrogens (tertiary/aromatic N) is 2. The van der Waals surface area contributed by atoms with Crippen LogP contribution in [0.15, 0.2) is 23.2 Å². The predicted molar refractivity (Wildman–Crippen MR) is 104 cm³/mol. The van der Waals surface area contributed by atoms with Gasteiger partial charge in [-0.25, -0.2) is 0 Å². The second kappa shape index (κ2) is 8.24. The fraction of sp³-hybridized carbons (Fsp3) is 0.588. The third kappa shape index (κ3) is 4.44. The molecule has 0 bridgehead atoms. The molecule has 1 saturated carbocycles. The molecule has 1 aliphatic carbocycles. The van der Waals surface area contributed by atoms with Crippen molar-refractivity contribution in [2.45, 2.75) is 38.3 Å². The highest BCUT2D eigenvalue weighted by atomic mass is 127. The zero-order valence-electron chi connectivity index (χ0n) is 14.2. The van der Waals surface area contributed by atoms with Gasteiger partial charge in [-0.15, -0.1) is 24.0 Å². The van der Waals surface area contributed by atoms with E-state index in [0.29, 0.717) is 13.1 Å². The van der Waals surface area contributed by atoms with E-state index in [1.807, 2.05) is 32.2 Å². The van der Waals surface area contributed by atoms with Crippen molar-refractivity contribution in [3.8, 4) is 11.5 Å². The van der Waals surface area contributed by atoms with Crippen molar-refractivity contribution in [3.63, 3.8) is 0 Å². The van der Waals surface area contributed by atoms with Gasteiger partial charge < -0.3 is 24.8 Å². The van der Waals surface area contributed by atoms with Crippen LogP contribution in [0.5, 0.6) is 11.5 Å². The largest absolute Gasteiger partial charge is 0.454 e. The van der Waals surface area contributed by atoms with Crippen LogP contribution in [-0.4, -0.2) is 48.5 Å². The summed E-state index contributed by atoms with van der Waals surface area (Å²) in [5.74, 6) is 2.40. The first-order valence-corrected chi connectivity index (χ1v) is 8.20. The summed E-state index contributed by atoms with van der Waals surface area (Å²) in [6.45, 7) is 4.30. The minimum Gasteiger partial charge on any atom is -0.454 e. The van der Waals surface area contributed by atoms with Crippen LogP contribution in [0.2, 0.25) is 0 Å². The van der Waals surface area contributed by atoms with Gasteiger partial charge in [0.15, 0.2) is 17.5 Å². The number of aliphatic imine (C=N–C) groups is 1. The van der Waals surface area contributed by atoms with Gasteiger partial charge in [-0.05, 0) is 43.9 Å². The molecule has 0 aromatic heterocycles. The van der Waals surface area contributed by atoms with Crippen molar-refractivity contribution in [1.29, 1.82) is 0 Å². The molecule has 7 heteroatoms. The lowest BCUT2D eigenvalue weighted by Crippen LogP contribution is -2.43. The third-order valence-electron chi connectivity index (χ3n) is 4.36. The van der Waals surface area contributed by atoms with Crippen LogP contribution < -0.4 is 14.8 Å². The van der Waals surface area contributed by atoms with Gasteiger partial charge in [0.25, 0.3) is 0 Å². The Bertz CT molecular complexity index is 590. The highest BCUT2D eigenvalue weighted by Crippen LogP contribution is 2.33. The van der Waals surface area contributed by atoms with Crippen LogP contribution in [0.3, 0.4) is 0 Å². The Morgan fingerprint density at radius 1 is 1.33 bits per heavy atom. The molecule has 134 valence electrons. The summed E-state index contributed by atoms with van der Waals surface area (Å²) in [5, 5.41) is 13.5. The molecule has 0 spiro atoms. The van der Waals surface area contributed by atoms with E-state index in [4.69, 9.17) is 9.47 Å².